The van der Waals surface area contributed by atoms with Crippen LogP contribution in [-0.4, -0.2) is 29.2 Å². The van der Waals surface area contributed by atoms with Crippen LogP contribution in [0.5, 0.6) is 0 Å². The van der Waals surface area contributed by atoms with Gasteiger partial charge in [-0.2, -0.15) is 0 Å². The first-order valence-electron chi connectivity index (χ1n) is 11.3. The maximum atomic E-state index is 13.5. The lowest BCUT2D eigenvalue weighted by molar-refractivity contribution is -0.118. The third kappa shape index (κ3) is 6.23. The number of aromatic nitrogens is 2. The number of amides is 1. The Morgan fingerprint density at radius 2 is 1.68 bits per heavy atom. The van der Waals surface area contributed by atoms with Crippen LogP contribution in [0.4, 0.5) is 11.5 Å². The van der Waals surface area contributed by atoms with Gasteiger partial charge in [-0.3, -0.25) is 24.0 Å². The molecule has 8 heteroatoms. The van der Waals surface area contributed by atoms with Gasteiger partial charge in [0.25, 0.3) is 5.56 Å². The average molecular weight is 465 g/mol. The SMILES string of the molecule is COCCn1c(N)c(N(Cc2ccccc2)C(=O)Cc2ccc(CC(C)C)cc2)c(=O)[nH]c1=O. The molecule has 0 atom stereocenters. The van der Waals surface area contributed by atoms with E-state index in [0.717, 1.165) is 17.5 Å². The number of anilines is 2. The van der Waals surface area contributed by atoms with Crippen molar-refractivity contribution in [1.82, 2.24) is 9.55 Å². The molecule has 0 fully saturated rings. The first-order chi connectivity index (χ1) is 16.3. The Bertz CT molecular complexity index is 1210. The molecule has 0 aliphatic carbocycles. The number of aromatic amines is 1. The van der Waals surface area contributed by atoms with E-state index in [0.29, 0.717) is 5.92 Å². The smallest absolute Gasteiger partial charge is 0.330 e. The molecule has 8 nitrogen and oxygen atoms in total. The first-order valence-corrected chi connectivity index (χ1v) is 11.3. The molecule has 0 aliphatic rings. The van der Waals surface area contributed by atoms with Crippen molar-refractivity contribution in [3.8, 4) is 0 Å². The summed E-state index contributed by atoms with van der Waals surface area (Å²) in [5, 5.41) is 0. The predicted octanol–water partition coefficient (Wildman–Crippen LogP) is 2.74. The van der Waals surface area contributed by atoms with Crippen LogP contribution in [0.15, 0.2) is 64.2 Å². The number of hydrogen-bond donors (Lipinski definition) is 2. The molecule has 0 bridgehead atoms. The number of benzene rings is 2. The summed E-state index contributed by atoms with van der Waals surface area (Å²) in [5.74, 6) is 0.175. The van der Waals surface area contributed by atoms with Gasteiger partial charge in [-0.1, -0.05) is 68.4 Å². The van der Waals surface area contributed by atoms with Gasteiger partial charge >= 0.3 is 5.69 Å². The van der Waals surface area contributed by atoms with Crippen molar-refractivity contribution in [3.05, 3.63) is 92.1 Å². The molecular formula is C26H32N4O4. The maximum Gasteiger partial charge on any atom is 0.330 e. The molecule has 0 saturated carbocycles. The number of nitrogen functional groups attached to an aromatic ring is 1. The predicted molar refractivity (Wildman–Crippen MR) is 134 cm³/mol. The highest BCUT2D eigenvalue weighted by molar-refractivity contribution is 5.96. The number of nitrogens with one attached hydrogen (secondary N) is 1. The molecule has 180 valence electrons. The van der Waals surface area contributed by atoms with Crippen LogP contribution in [-0.2, 0) is 35.5 Å². The van der Waals surface area contributed by atoms with E-state index in [2.05, 4.69) is 18.8 Å². The molecule has 3 N–H and O–H groups in total. The van der Waals surface area contributed by atoms with Gasteiger partial charge in [0.15, 0.2) is 5.69 Å². The fourth-order valence-electron chi connectivity index (χ4n) is 3.84. The van der Waals surface area contributed by atoms with Gasteiger partial charge in [-0.25, -0.2) is 4.79 Å². The van der Waals surface area contributed by atoms with Gasteiger partial charge < -0.3 is 10.5 Å². The molecule has 1 heterocycles. The van der Waals surface area contributed by atoms with Gasteiger partial charge in [0, 0.05) is 7.11 Å². The molecule has 0 radical (unpaired) electrons. The van der Waals surface area contributed by atoms with Crippen LogP contribution < -0.4 is 21.9 Å². The van der Waals surface area contributed by atoms with Gasteiger partial charge in [-0.05, 0) is 29.0 Å². The number of carbonyl (C=O) groups excluding carboxylic acids is 1. The fraction of sp³-hybridized carbons (Fsp3) is 0.346. The number of H-pyrrole nitrogens is 1. The molecule has 1 amide bonds. The van der Waals surface area contributed by atoms with E-state index in [4.69, 9.17) is 10.5 Å². The Kier molecular flexibility index (Phi) is 8.43. The maximum absolute atomic E-state index is 13.5. The lowest BCUT2D eigenvalue weighted by Gasteiger charge is -2.25. The van der Waals surface area contributed by atoms with Crippen molar-refractivity contribution in [2.75, 3.05) is 24.4 Å². The molecule has 2 aromatic carbocycles. The van der Waals surface area contributed by atoms with Gasteiger partial charge in [0.05, 0.1) is 26.1 Å². The lowest BCUT2D eigenvalue weighted by atomic mass is 10.0. The number of rotatable bonds is 10. The Morgan fingerprint density at radius 1 is 1.03 bits per heavy atom. The van der Waals surface area contributed by atoms with Crippen LogP contribution in [0.3, 0.4) is 0 Å². The van der Waals surface area contributed by atoms with Crippen molar-refractivity contribution in [3.63, 3.8) is 0 Å². The standard InChI is InChI=1S/C26H32N4O4/c1-18(2)15-19-9-11-20(12-10-19)16-22(31)30(17-21-7-5-4-6-8-21)23-24(27)29(13-14-34-3)26(33)28-25(23)32/h4-12,18H,13-17,27H2,1-3H3,(H,28,32,33). The number of nitrogens with zero attached hydrogens (tertiary/aromatic N) is 2. The Labute approximate surface area is 199 Å². The van der Waals surface area contributed by atoms with Crippen molar-refractivity contribution < 1.29 is 9.53 Å². The third-order valence-electron chi connectivity index (χ3n) is 5.51. The lowest BCUT2D eigenvalue weighted by Crippen LogP contribution is -2.41. The van der Waals surface area contributed by atoms with Gasteiger partial charge in [-0.15, -0.1) is 0 Å². The zero-order valence-corrected chi connectivity index (χ0v) is 19.9. The highest BCUT2D eigenvalue weighted by Gasteiger charge is 2.24. The van der Waals surface area contributed by atoms with E-state index in [-0.39, 0.29) is 43.5 Å². The fourth-order valence-corrected chi connectivity index (χ4v) is 3.84. The molecule has 0 unspecified atom stereocenters. The van der Waals surface area contributed by atoms with E-state index in [9.17, 15) is 14.4 Å². The third-order valence-corrected chi connectivity index (χ3v) is 5.51. The zero-order valence-electron chi connectivity index (χ0n) is 19.9. The number of hydrogen-bond acceptors (Lipinski definition) is 5. The van der Waals surface area contributed by atoms with Crippen molar-refractivity contribution in [2.24, 2.45) is 5.92 Å². The topological polar surface area (TPSA) is 110 Å². The summed E-state index contributed by atoms with van der Waals surface area (Å²) in [7, 11) is 1.51. The normalized spacial score (nSPS) is 11.1. The van der Waals surface area contributed by atoms with Crippen molar-refractivity contribution >= 4 is 17.4 Å². The zero-order chi connectivity index (χ0) is 24.7. The van der Waals surface area contributed by atoms with E-state index in [1.54, 1.807) is 0 Å². The minimum Gasteiger partial charge on any atom is -0.383 e. The van der Waals surface area contributed by atoms with Crippen LogP contribution in [0, 0.1) is 5.92 Å². The van der Waals surface area contributed by atoms with E-state index in [1.807, 2.05) is 54.6 Å². The monoisotopic (exact) mass is 464 g/mol. The van der Waals surface area contributed by atoms with E-state index in [1.165, 1.54) is 22.1 Å². The minimum atomic E-state index is -0.701. The van der Waals surface area contributed by atoms with Gasteiger partial charge in [0.2, 0.25) is 5.91 Å². The Hall–Kier alpha value is -3.65. The largest absolute Gasteiger partial charge is 0.383 e. The summed E-state index contributed by atoms with van der Waals surface area (Å²) in [6.07, 6.45) is 1.05. The van der Waals surface area contributed by atoms with Crippen LogP contribution >= 0.6 is 0 Å². The summed E-state index contributed by atoms with van der Waals surface area (Å²) in [6, 6.07) is 17.2. The number of ether oxygens (including phenoxy) is 1. The van der Waals surface area contributed by atoms with Gasteiger partial charge in [0.1, 0.15) is 5.82 Å². The second kappa shape index (κ2) is 11.5. The summed E-state index contributed by atoms with van der Waals surface area (Å²) in [4.78, 5) is 42.3. The molecule has 0 aliphatic heterocycles. The van der Waals surface area contributed by atoms with Crippen LogP contribution in [0.2, 0.25) is 0 Å². The molecule has 0 spiro atoms. The van der Waals surface area contributed by atoms with Crippen LogP contribution in [0.1, 0.15) is 30.5 Å². The quantitative estimate of drug-likeness (QED) is 0.479. The van der Waals surface area contributed by atoms with Crippen molar-refractivity contribution in [1.29, 1.82) is 0 Å². The first kappa shape index (κ1) is 25.0. The summed E-state index contributed by atoms with van der Waals surface area (Å²) >= 11 is 0. The van der Waals surface area contributed by atoms with E-state index >= 15 is 0 Å². The molecule has 1 aromatic heterocycles. The number of carbonyl (C=O) groups is 1. The van der Waals surface area contributed by atoms with E-state index < -0.39 is 11.2 Å². The Morgan fingerprint density at radius 3 is 2.29 bits per heavy atom. The van der Waals surface area contributed by atoms with Crippen molar-refractivity contribution in [2.45, 2.75) is 39.8 Å². The number of methoxy groups -OCH3 is 1. The highest BCUT2D eigenvalue weighted by Crippen LogP contribution is 2.21. The molecule has 0 saturated heterocycles. The molecule has 34 heavy (non-hydrogen) atoms. The van der Waals surface area contributed by atoms with Crippen LogP contribution in [0.25, 0.3) is 0 Å². The Balaban J connectivity index is 1.98. The minimum absolute atomic E-state index is 0.0408. The average Bonchev–Trinajstić information content (AvgIpc) is 2.79. The second-order valence-corrected chi connectivity index (χ2v) is 8.69. The molecule has 3 aromatic rings. The molecular weight excluding hydrogens is 432 g/mol. The summed E-state index contributed by atoms with van der Waals surface area (Å²) in [5.41, 5.74) is 7.76. The number of nitrogens with two attached hydrogens (primary N) is 1. The summed E-state index contributed by atoms with van der Waals surface area (Å²) in [6.45, 7) is 4.83. The second-order valence-electron chi connectivity index (χ2n) is 8.69. The molecule has 3 rings (SSSR count). The highest BCUT2D eigenvalue weighted by atomic mass is 16.5. The summed E-state index contributed by atoms with van der Waals surface area (Å²) < 4.78 is 6.27.